The van der Waals surface area contributed by atoms with Crippen LogP contribution in [-0.4, -0.2) is 14.8 Å². The molecule has 0 aliphatic heterocycles. The Labute approximate surface area is 353 Å². The van der Waals surface area contributed by atoms with Crippen molar-refractivity contribution in [1.82, 2.24) is 14.8 Å². The fourth-order valence-electron chi connectivity index (χ4n) is 8.28. The highest BCUT2D eigenvalue weighted by atomic mass is 32.1. The predicted molar refractivity (Wildman–Crippen MR) is 252 cm³/mol. The molecule has 0 radical (unpaired) electrons. The van der Waals surface area contributed by atoms with E-state index in [1.807, 2.05) is 35.6 Å². The van der Waals surface area contributed by atoms with Gasteiger partial charge in [-0.25, -0.2) is 0 Å². The minimum atomic E-state index is 0.801. The van der Waals surface area contributed by atoms with Gasteiger partial charge in [0.1, 0.15) is 0 Å². The summed E-state index contributed by atoms with van der Waals surface area (Å²) in [4.78, 5) is 0. The molecule has 0 atom stereocenters. The molecule has 3 nitrogen and oxygen atoms in total. The highest BCUT2D eigenvalue weighted by molar-refractivity contribution is 7.26. The number of aromatic nitrogens is 3. The number of nitrogens with zero attached hydrogens (tertiary/aromatic N) is 3. The summed E-state index contributed by atoms with van der Waals surface area (Å²) in [5.74, 6) is 1.61. The van der Waals surface area contributed by atoms with E-state index in [1.54, 1.807) is 0 Å². The maximum Gasteiger partial charge on any atom is 0.168 e. The van der Waals surface area contributed by atoms with Gasteiger partial charge in [-0.2, -0.15) is 0 Å². The maximum absolute atomic E-state index is 4.77. The molecule has 0 amide bonds. The molecule has 0 unspecified atom stereocenters. The summed E-state index contributed by atoms with van der Waals surface area (Å²) in [6.45, 7) is 0. The van der Waals surface area contributed by atoms with Crippen molar-refractivity contribution in [3.05, 3.63) is 224 Å². The van der Waals surface area contributed by atoms with Crippen molar-refractivity contribution in [2.45, 2.75) is 0 Å². The molecule has 0 aliphatic carbocycles. The zero-order valence-corrected chi connectivity index (χ0v) is 33.4. The summed E-state index contributed by atoms with van der Waals surface area (Å²) < 4.78 is 4.70. The number of para-hydroxylation sites is 1. The van der Waals surface area contributed by atoms with Crippen LogP contribution in [0.3, 0.4) is 0 Å². The van der Waals surface area contributed by atoms with Crippen molar-refractivity contribution >= 4 is 31.5 Å². The van der Waals surface area contributed by atoms with Crippen LogP contribution >= 0.6 is 11.3 Å². The minimum Gasteiger partial charge on any atom is -0.275 e. The van der Waals surface area contributed by atoms with E-state index in [9.17, 15) is 0 Å². The molecular weight excluding hydrogens is 747 g/mol. The molecule has 2 aromatic heterocycles. The molecule has 60 heavy (non-hydrogen) atoms. The van der Waals surface area contributed by atoms with Crippen molar-refractivity contribution < 1.29 is 0 Å². The van der Waals surface area contributed by atoms with E-state index in [-0.39, 0.29) is 0 Å². The van der Waals surface area contributed by atoms with E-state index < -0.39 is 0 Å². The lowest BCUT2D eigenvalue weighted by Crippen LogP contribution is -2.00. The fourth-order valence-corrected chi connectivity index (χ4v) is 9.48. The Balaban J connectivity index is 1.03. The van der Waals surface area contributed by atoms with Crippen LogP contribution in [0.25, 0.3) is 104 Å². The SMILES string of the molecule is c1ccc(-c2ccc(-c3ccc4sc5c(-c6ccc(-c7nnc(-c8ccccc8)n7-c7ccccc7)cc6)cc(-c6ccc(-c7ccccc7)cc6)cc5c4c3)cc2)cc1. The first-order chi connectivity index (χ1) is 29.7. The number of thiophene rings is 1. The number of hydrogen-bond donors (Lipinski definition) is 0. The maximum atomic E-state index is 4.77. The van der Waals surface area contributed by atoms with Crippen LogP contribution in [0.2, 0.25) is 0 Å². The van der Waals surface area contributed by atoms with Gasteiger partial charge in [0.2, 0.25) is 0 Å². The van der Waals surface area contributed by atoms with Crippen LogP contribution in [0, 0.1) is 0 Å². The zero-order chi connectivity index (χ0) is 39.8. The predicted octanol–water partition coefficient (Wildman–Crippen LogP) is 15.3. The van der Waals surface area contributed by atoms with Gasteiger partial charge in [-0.3, -0.25) is 4.57 Å². The van der Waals surface area contributed by atoms with Crippen molar-refractivity contribution in [1.29, 1.82) is 0 Å². The molecule has 0 saturated heterocycles. The number of rotatable bonds is 8. The second kappa shape index (κ2) is 15.3. The lowest BCUT2D eigenvalue weighted by Gasteiger charge is -2.12. The Morgan fingerprint density at radius 3 is 1.23 bits per heavy atom. The monoisotopic (exact) mass is 783 g/mol. The third kappa shape index (κ3) is 6.59. The van der Waals surface area contributed by atoms with E-state index in [2.05, 4.69) is 205 Å². The Bertz CT molecular complexity index is 3240. The summed E-state index contributed by atoms with van der Waals surface area (Å²) in [6, 6.07) is 80.2. The van der Waals surface area contributed by atoms with Gasteiger partial charge in [-0.15, -0.1) is 21.5 Å². The van der Waals surface area contributed by atoms with Gasteiger partial charge in [0, 0.05) is 42.6 Å². The Hall–Kier alpha value is -7.66. The standard InChI is InChI=1S/C56H37N3S/c1-5-13-38(14-6-1)40-21-25-42(26-22-40)47-33-34-53-51(35-47)52-37-48(43-27-23-41(24-28-43)39-15-7-2-8-16-39)36-50(54(52)60-53)44-29-31-46(32-30-44)56-58-57-55(45-17-9-3-10-18-45)59(56)49-19-11-4-12-20-49/h1-37H. The summed E-state index contributed by atoms with van der Waals surface area (Å²) in [5, 5.41) is 12.0. The molecular formula is C56H37N3S. The number of fused-ring (bicyclic) bond motifs is 3. The molecule has 0 spiro atoms. The Kier molecular flexibility index (Phi) is 9.03. The second-order valence-electron chi connectivity index (χ2n) is 15.1. The summed E-state index contributed by atoms with van der Waals surface area (Å²) in [6.07, 6.45) is 0. The van der Waals surface area contributed by atoms with Gasteiger partial charge in [0.25, 0.3) is 0 Å². The van der Waals surface area contributed by atoms with E-state index in [0.29, 0.717) is 0 Å². The first-order valence-corrected chi connectivity index (χ1v) is 21.0. The topological polar surface area (TPSA) is 30.7 Å². The van der Waals surface area contributed by atoms with E-state index >= 15 is 0 Å². The Morgan fingerprint density at radius 1 is 0.300 bits per heavy atom. The van der Waals surface area contributed by atoms with Gasteiger partial charge in [-0.1, -0.05) is 188 Å². The molecule has 4 heteroatoms. The van der Waals surface area contributed by atoms with Crippen LogP contribution in [0.1, 0.15) is 0 Å². The molecule has 2 heterocycles. The lowest BCUT2D eigenvalue weighted by atomic mass is 9.94. The summed E-state index contributed by atoms with van der Waals surface area (Å²) in [5.41, 5.74) is 15.1. The molecule has 282 valence electrons. The van der Waals surface area contributed by atoms with Gasteiger partial charge < -0.3 is 0 Å². The van der Waals surface area contributed by atoms with Crippen LogP contribution in [0.15, 0.2) is 224 Å². The van der Waals surface area contributed by atoms with E-state index in [0.717, 1.165) is 34.0 Å². The van der Waals surface area contributed by atoms with Gasteiger partial charge >= 0.3 is 0 Å². The van der Waals surface area contributed by atoms with Crippen LogP contribution < -0.4 is 0 Å². The lowest BCUT2D eigenvalue weighted by molar-refractivity contribution is 1.07. The average molecular weight is 784 g/mol. The first-order valence-electron chi connectivity index (χ1n) is 20.2. The van der Waals surface area contributed by atoms with Gasteiger partial charge in [0.05, 0.1) is 0 Å². The molecule has 0 saturated carbocycles. The smallest absolute Gasteiger partial charge is 0.168 e. The molecule has 0 fully saturated rings. The zero-order valence-electron chi connectivity index (χ0n) is 32.6. The summed E-state index contributed by atoms with van der Waals surface area (Å²) in [7, 11) is 0. The quantitative estimate of drug-likeness (QED) is 0.154. The normalized spacial score (nSPS) is 11.3. The number of benzene rings is 9. The van der Waals surface area contributed by atoms with Crippen LogP contribution in [-0.2, 0) is 0 Å². The molecule has 0 bridgehead atoms. The third-order valence-corrected chi connectivity index (χ3v) is 12.6. The van der Waals surface area contributed by atoms with Crippen LogP contribution in [0.4, 0.5) is 0 Å². The fraction of sp³-hybridized carbons (Fsp3) is 0. The summed E-state index contributed by atoms with van der Waals surface area (Å²) >= 11 is 1.87. The highest BCUT2D eigenvalue weighted by Crippen LogP contribution is 2.44. The highest BCUT2D eigenvalue weighted by Gasteiger charge is 2.19. The molecule has 0 N–H and O–H groups in total. The average Bonchev–Trinajstić information content (AvgIpc) is 3.95. The van der Waals surface area contributed by atoms with Crippen molar-refractivity contribution in [3.8, 4) is 84.1 Å². The second-order valence-corrected chi connectivity index (χ2v) is 16.1. The Morgan fingerprint density at radius 2 is 0.683 bits per heavy atom. The third-order valence-electron chi connectivity index (χ3n) is 11.4. The van der Waals surface area contributed by atoms with Crippen molar-refractivity contribution in [2.75, 3.05) is 0 Å². The largest absolute Gasteiger partial charge is 0.275 e. The van der Waals surface area contributed by atoms with E-state index in [1.165, 1.54) is 70.2 Å². The van der Waals surface area contributed by atoms with E-state index in [4.69, 9.17) is 10.2 Å². The van der Waals surface area contributed by atoms with Crippen molar-refractivity contribution in [2.24, 2.45) is 0 Å². The molecule has 11 rings (SSSR count). The van der Waals surface area contributed by atoms with Gasteiger partial charge in [-0.05, 0) is 86.5 Å². The van der Waals surface area contributed by atoms with Gasteiger partial charge in [0.15, 0.2) is 11.6 Å². The van der Waals surface area contributed by atoms with Crippen molar-refractivity contribution in [3.63, 3.8) is 0 Å². The first kappa shape index (κ1) is 35.5. The molecule has 11 aromatic rings. The molecule has 9 aromatic carbocycles. The number of hydrogen-bond acceptors (Lipinski definition) is 3. The molecule has 0 aliphatic rings. The van der Waals surface area contributed by atoms with Crippen LogP contribution in [0.5, 0.6) is 0 Å². The minimum absolute atomic E-state index is 0.801.